The molecule has 0 spiro atoms. The van der Waals surface area contributed by atoms with Gasteiger partial charge in [-0.1, -0.05) is 6.92 Å². The first-order chi connectivity index (χ1) is 9.08. The van der Waals surface area contributed by atoms with Gasteiger partial charge in [0.05, 0.1) is 12.0 Å². The zero-order chi connectivity index (χ0) is 13.9. The van der Waals surface area contributed by atoms with Crippen molar-refractivity contribution in [3.63, 3.8) is 0 Å². The standard InChI is InChI=1S/C13H12N2O3S/c1-2-6-19(16,17)13-7-10(9-15-11(13)8-14)12-4-3-5-18-12/h3-5,7,9H,2,6H2,1H3. The molecule has 0 aliphatic rings. The lowest BCUT2D eigenvalue weighted by Gasteiger charge is -2.06. The Morgan fingerprint density at radius 3 is 2.84 bits per heavy atom. The maximum absolute atomic E-state index is 12.1. The highest BCUT2D eigenvalue weighted by Crippen LogP contribution is 2.24. The summed E-state index contributed by atoms with van der Waals surface area (Å²) in [4.78, 5) is 3.87. The van der Waals surface area contributed by atoms with E-state index in [4.69, 9.17) is 9.68 Å². The fourth-order valence-corrected chi connectivity index (χ4v) is 3.18. The van der Waals surface area contributed by atoms with E-state index in [2.05, 4.69) is 4.98 Å². The zero-order valence-electron chi connectivity index (χ0n) is 10.3. The topological polar surface area (TPSA) is 84.0 Å². The molecule has 0 fully saturated rings. The summed E-state index contributed by atoms with van der Waals surface area (Å²) in [6.45, 7) is 1.77. The van der Waals surface area contributed by atoms with Gasteiger partial charge in [-0.15, -0.1) is 0 Å². The third-order valence-electron chi connectivity index (χ3n) is 2.57. The molecule has 6 heteroatoms. The minimum atomic E-state index is -3.49. The molecule has 0 radical (unpaired) electrons. The Kier molecular flexibility index (Phi) is 3.67. The Bertz CT molecular complexity index is 713. The van der Waals surface area contributed by atoms with E-state index in [9.17, 15) is 8.42 Å². The number of rotatable bonds is 4. The first kappa shape index (κ1) is 13.3. The number of hydrogen-bond donors (Lipinski definition) is 0. The number of pyridine rings is 1. The van der Waals surface area contributed by atoms with Crippen molar-refractivity contribution in [2.45, 2.75) is 18.2 Å². The molecule has 0 aliphatic carbocycles. The van der Waals surface area contributed by atoms with Crippen molar-refractivity contribution in [2.75, 3.05) is 5.75 Å². The van der Waals surface area contributed by atoms with Crippen LogP contribution in [0.1, 0.15) is 19.0 Å². The Labute approximate surface area is 111 Å². The van der Waals surface area contributed by atoms with E-state index in [1.807, 2.05) is 6.07 Å². The van der Waals surface area contributed by atoms with Crippen LogP contribution in [-0.2, 0) is 9.84 Å². The van der Waals surface area contributed by atoms with E-state index in [0.717, 1.165) is 0 Å². The molecule has 0 atom stereocenters. The molecule has 0 aliphatic heterocycles. The van der Waals surface area contributed by atoms with Gasteiger partial charge < -0.3 is 4.42 Å². The molecule has 0 bridgehead atoms. The lowest BCUT2D eigenvalue weighted by molar-refractivity contribution is 0.581. The molecule has 0 saturated carbocycles. The smallest absolute Gasteiger partial charge is 0.181 e. The molecule has 0 amide bonds. The van der Waals surface area contributed by atoms with Crippen molar-refractivity contribution in [1.29, 1.82) is 5.26 Å². The Morgan fingerprint density at radius 1 is 1.47 bits per heavy atom. The number of furan rings is 1. The van der Waals surface area contributed by atoms with Crippen LogP contribution in [0.3, 0.4) is 0 Å². The first-order valence-corrected chi connectivity index (χ1v) is 7.40. The molecule has 0 saturated heterocycles. The van der Waals surface area contributed by atoms with E-state index in [1.54, 1.807) is 19.1 Å². The van der Waals surface area contributed by atoms with Gasteiger partial charge in [0.15, 0.2) is 15.5 Å². The number of hydrogen-bond acceptors (Lipinski definition) is 5. The quantitative estimate of drug-likeness (QED) is 0.856. The molecular weight excluding hydrogens is 264 g/mol. The normalized spacial score (nSPS) is 11.2. The second kappa shape index (κ2) is 5.24. The van der Waals surface area contributed by atoms with Crippen molar-refractivity contribution in [1.82, 2.24) is 4.98 Å². The lowest BCUT2D eigenvalue weighted by atomic mass is 10.2. The van der Waals surface area contributed by atoms with Gasteiger partial charge in [-0.3, -0.25) is 0 Å². The van der Waals surface area contributed by atoms with E-state index in [-0.39, 0.29) is 16.3 Å². The van der Waals surface area contributed by atoms with Crippen LogP contribution in [0.4, 0.5) is 0 Å². The van der Waals surface area contributed by atoms with Gasteiger partial charge in [-0.25, -0.2) is 13.4 Å². The Balaban J connectivity index is 2.59. The second-order valence-electron chi connectivity index (χ2n) is 3.98. The number of nitriles is 1. The highest BCUT2D eigenvalue weighted by atomic mass is 32.2. The van der Waals surface area contributed by atoms with Crippen molar-refractivity contribution in [3.8, 4) is 17.4 Å². The van der Waals surface area contributed by atoms with Crippen molar-refractivity contribution < 1.29 is 12.8 Å². The minimum absolute atomic E-state index is 0.00896. The molecule has 2 aromatic rings. The number of sulfone groups is 1. The van der Waals surface area contributed by atoms with Crippen LogP contribution in [0.25, 0.3) is 11.3 Å². The van der Waals surface area contributed by atoms with Crippen LogP contribution in [-0.4, -0.2) is 19.2 Å². The van der Waals surface area contributed by atoms with Crippen LogP contribution in [0.2, 0.25) is 0 Å². The summed E-state index contributed by atoms with van der Waals surface area (Å²) in [5.41, 5.74) is 0.461. The first-order valence-electron chi connectivity index (χ1n) is 5.75. The molecule has 0 aromatic carbocycles. The average molecular weight is 276 g/mol. The molecule has 5 nitrogen and oxygen atoms in total. The van der Waals surface area contributed by atoms with Gasteiger partial charge in [0, 0.05) is 11.8 Å². The molecule has 2 aromatic heterocycles. The van der Waals surface area contributed by atoms with Crippen LogP contribution in [0.15, 0.2) is 40.0 Å². The number of aromatic nitrogens is 1. The second-order valence-corrected chi connectivity index (χ2v) is 6.06. The fourth-order valence-electron chi connectivity index (χ4n) is 1.72. The van der Waals surface area contributed by atoms with Gasteiger partial charge >= 0.3 is 0 Å². The van der Waals surface area contributed by atoms with Gasteiger partial charge in [0.2, 0.25) is 0 Å². The molecule has 19 heavy (non-hydrogen) atoms. The molecule has 0 unspecified atom stereocenters. The van der Waals surface area contributed by atoms with Crippen molar-refractivity contribution >= 4 is 9.84 Å². The monoisotopic (exact) mass is 276 g/mol. The van der Waals surface area contributed by atoms with Gasteiger partial charge in [0.1, 0.15) is 16.7 Å². The maximum Gasteiger partial charge on any atom is 0.181 e. The fraction of sp³-hybridized carbons (Fsp3) is 0.231. The Morgan fingerprint density at radius 2 is 2.26 bits per heavy atom. The Hall–Kier alpha value is -2.13. The summed E-state index contributed by atoms with van der Waals surface area (Å²) < 4.78 is 29.4. The third kappa shape index (κ3) is 2.66. The van der Waals surface area contributed by atoms with E-state index >= 15 is 0 Å². The van der Waals surface area contributed by atoms with E-state index < -0.39 is 9.84 Å². The highest BCUT2D eigenvalue weighted by molar-refractivity contribution is 7.91. The average Bonchev–Trinajstić information content (AvgIpc) is 2.92. The minimum Gasteiger partial charge on any atom is -0.464 e. The summed E-state index contributed by atoms with van der Waals surface area (Å²) in [6, 6.07) is 6.66. The zero-order valence-corrected chi connectivity index (χ0v) is 11.1. The highest BCUT2D eigenvalue weighted by Gasteiger charge is 2.20. The number of nitrogens with zero attached hydrogens (tertiary/aromatic N) is 2. The molecule has 2 heterocycles. The summed E-state index contributed by atoms with van der Waals surface area (Å²) in [6.07, 6.45) is 3.41. The molecular formula is C13H12N2O3S. The summed E-state index contributed by atoms with van der Waals surface area (Å²) >= 11 is 0. The predicted molar refractivity (Wildman–Crippen MR) is 69.0 cm³/mol. The molecule has 0 N–H and O–H groups in total. The third-order valence-corrected chi connectivity index (χ3v) is 4.50. The van der Waals surface area contributed by atoms with Crippen LogP contribution >= 0.6 is 0 Å². The molecule has 2 rings (SSSR count). The SMILES string of the molecule is CCCS(=O)(=O)c1cc(-c2ccco2)cnc1C#N. The lowest BCUT2D eigenvalue weighted by Crippen LogP contribution is -2.09. The van der Waals surface area contributed by atoms with Crippen LogP contribution in [0, 0.1) is 11.3 Å². The van der Waals surface area contributed by atoms with E-state index in [0.29, 0.717) is 17.7 Å². The van der Waals surface area contributed by atoms with Gasteiger partial charge in [0.25, 0.3) is 0 Å². The largest absolute Gasteiger partial charge is 0.464 e. The maximum atomic E-state index is 12.1. The summed E-state index contributed by atoms with van der Waals surface area (Å²) in [7, 11) is -3.49. The van der Waals surface area contributed by atoms with Gasteiger partial charge in [-0.05, 0) is 24.6 Å². The van der Waals surface area contributed by atoms with E-state index in [1.165, 1.54) is 18.5 Å². The van der Waals surface area contributed by atoms with Crippen molar-refractivity contribution in [2.24, 2.45) is 0 Å². The predicted octanol–water partition coefficient (Wildman–Crippen LogP) is 2.40. The van der Waals surface area contributed by atoms with Crippen LogP contribution < -0.4 is 0 Å². The van der Waals surface area contributed by atoms with Crippen molar-refractivity contribution in [3.05, 3.63) is 36.4 Å². The summed E-state index contributed by atoms with van der Waals surface area (Å²) in [5.74, 6) is 0.510. The molecule has 98 valence electrons. The summed E-state index contributed by atoms with van der Waals surface area (Å²) in [5, 5.41) is 8.97. The van der Waals surface area contributed by atoms with Gasteiger partial charge in [-0.2, -0.15) is 5.26 Å². The van der Waals surface area contributed by atoms with Crippen LogP contribution in [0.5, 0.6) is 0 Å².